The van der Waals surface area contributed by atoms with Gasteiger partial charge in [-0.1, -0.05) is 23.7 Å². The van der Waals surface area contributed by atoms with E-state index >= 15 is 0 Å². The van der Waals surface area contributed by atoms with Gasteiger partial charge in [0.25, 0.3) is 0 Å². The molecule has 1 aliphatic carbocycles. The highest BCUT2D eigenvalue weighted by molar-refractivity contribution is 6.30. The van der Waals surface area contributed by atoms with Crippen LogP contribution in [0.25, 0.3) is 0 Å². The number of hydrogen-bond donors (Lipinski definition) is 0. The van der Waals surface area contributed by atoms with E-state index in [9.17, 15) is 9.59 Å². The highest BCUT2D eigenvalue weighted by Gasteiger charge is 2.49. The van der Waals surface area contributed by atoms with Crippen molar-refractivity contribution in [3.05, 3.63) is 34.9 Å². The predicted octanol–water partition coefficient (Wildman–Crippen LogP) is 3.13. The molecule has 3 fully saturated rings. The van der Waals surface area contributed by atoms with E-state index in [0.717, 1.165) is 43.8 Å². The normalized spacial score (nSPS) is 26.5. The molecule has 2 saturated heterocycles. The molecule has 0 radical (unpaired) electrons. The summed E-state index contributed by atoms with van der Waals surface area (Å²) in [5, 5.41) is 0.654. The van der Waals surface area contributed by atoms with Gasteiger partial charge in [-0.25, -0.2) is 0 Å². The van der Waals surface area contributed by atoms with Crippen LogP contribution in [-0.4, -0.2) is 47.8 Å². The molecule has 0 unspecified atom stereocenters. The number of likely N-dealkylation sites (tertiary alicyclic amines) is 2. The van der Waals surface area contributed by atoms with Crippen LogP contribution in [0.4, 0.5) is 0 Å². The van der Waals surface area contributed by atoms with Crippen molar-refractivity contribution in [2.75, 3.05) is 26.2 Å². The third-order valence-electron chi connectivity index (χ3n) is 5.95. The van der Waals surface area contributed by atoms with Gasteiger partial charge in [0.2, 0.25) is 11.8 Å². The van der Waals surface area contributed by atoms with E-state index in [0.29, 0.717) is 30.4 Å². The zero-order valence-corrected chi connectivity index (χ0v) is 15.3. The molecule has 4 rings (SSSR count). The summed E-state index contributed by atoms with van der Waals surface area (Å²) < 4.78 is 0. The number of carbonyl (C=O) groups is 2. The maximum atomic E-state index is 13.1. The van der Waals surface area contributed by atoms with E-state index in [1.54, 1.807) is 0 Å². The molecule has 1 saturated carbocycles. The Hall–Kier alpha value is -1.55. The Labute approximate surface area is 154 Å². The molecule has 2 amide bonds. The minimum absolute atomic E-state index is 0.103. The second-order valence-electron chi connectivity index (χ2n) is 7.95. The lowest BCUT2D eigenvalue weighted by atomic mass is 9.78. The number of amides is 2. The number of nitrogens with zero attached hydrogens (tertiary/aromatic N) is 2. The smallest absolute Gasteiger partial charge is 0.230 e. The van der Waals surface area contributed by atoms with Crippen LogP contribution in [-0.2, 0) is 16.0 Å². The van der Waals surface area contributed by atoms with Gasteiger partial charge in [-0.15, -0.1) is 0 Å². The van der Waals surface area contributed by atoms with Gasteiger partial charge in [0.1, 0.15) is 0 Å². The molecule has 1 aromatic rings. The fourth-order valence-corrected chi connectivity index (χ4v) is 4.55. The lowest BCUT2D eigenvalue weighted by molar-refractivity contribution is -0.146. The third-order valence-corrected chi connectivity index (χ3v) is 6.19. The first kappa shape index (κ1) is 16.9. The molecule has 2 aliphatic heterocycles. The van der Waals surface area contributed by atoms with E-state index in [-0.39, 0.29) is 11.3 Å². The molecule has 4 nitrogen and oxygen atoms in total. The van der Waals surface area contributed by atoms with Crippen LogP contribution in [0.2, 0.25) is 5.02 Å². The van der Waals surface area contributed by atoms with Crippen LogP contribution in [0, 0.1) is 11.3 Å². The third kappa shape index (κ3) is 3.55. The standard InChI is InChI=1S/C20H25ClN2O2/c21-17-4-1-3-16(11-17)12-18(24)23-10-8-20(14-23)7-2-9-22(19(20)25)13-15-5-6-15/h1,3-4,11,15H,2,5-10,12-14H2/t20-/m0/s1. The Morgan fingerprint density at radius 3 is 2.84 bits per heavy atom. The van der Waals surface area contributed by atoms with Crippen LogP contribution in [0.5, 0.6) is 0 Å². The van der Waals surface area contributed by atoms with Gasteiger partial charge < -0.3 is 9.80 Å². The number of hydrogen-bond acceptors (Lipinski definition) is 2. The van der Waals surface area contributed by atoms with Crippen molar-refractivity contribution in [2.45, 2.75) is 38.5 Å². The maximum absolute atomic E-state index is 13.1. The molecule has 2 heterocycles. The molecule has 0 aromatic heterocycles. The Kier molecular flexibility index (Phi) is 4.48. The van der Waals surface area contributed by atoms with Crippen molar-refractivity contribution < 1.29 is 9.59 Å². The van der Waals surface area contributed by atoms with Gasteiger partial charge in [0.05, 0.1) is 11.8 Å². The summed E-state index contributed by atoms with van der Waals surface area (Å²) in [6.07, 6.45) is 5.69. The van der Waals surface area contributed by atoms with Gasteiger partial charge in [0.15, 0.2) is 0 Å². The van der Waals surface area contributed by atoms with E-state index < -0.39 is 0 Å². The van der Waals surface area contributed by atoms with Crippen LogP contribution in [0.1, 0.15) is 37.7 Å². The molecule has 1 atom stereocenters. The molecule has 5 heteroatoms. The first-order valence-corrected chi connectivity index (χ1v) is 9.75. The highest BCUT2D eigenvalue weighted by atomic mass is 35.5. The Balaban J connectivity index is 1.41. The largest absolute Gasteiger partial charge is 0.342 e. The molecule has 1 aromatic carbocycles. The summed E-state index contributed by atoms with van der Waals surface area (Å²) in [6, 6.07) is 7.46. The Bertz CT molecular complexity index is 688. The molecule has 25 heavy (non-hydrogen) atoms. The van der Waals surface area contributed by atoms with Gasteiger partial charge in [-0.3, -0.25) is 9.59 Å². The molecule has 0 N–H and O–H groups in total. The SMILES string of the molecule is O=C(Cc1cccc(Cl)c1)N1CC[C@@]2(CCCN(CC3CC3)C2=O)C1. The average Bonchev–Trinajstić information content (AvgIpc) is 3.30. The van der Waals surface area contributed by atoms with Crippen molar-refractivity contribution in [1.29, 1.82) is 0 Å². The van der Waals surface area contributed by atoms with E-state index in [1.807, 2.05) is 29.2 Å². The number of halogens is 1. The molecule has 0 bridgehead atoms. The van der Waals surface area contributed by atoms with Crippen molar-refractivity contribution in [1.82, 2.24) is 9.80 Å². The van der Waals surface area contributed by atoms with E-state index in [4.69, 9.17) is 11.6 Å². The predicted molar refractivity (Wildman–Crippen MR) is 97.3 cm³/mol. The second-order valence-corrected chi connectivity index (χ2v) is 8.39. The first-order chi connectivity index (χ1) is 12.1. The molecule has 3 aliphatic rings. The van der Waals surface area contributed by atoms with Crippen LogP contribution < -0.4 is 0 Å². The molecular weight excluding hydrogens is 336 g/mol. The van der Waals surface area contributed by atoms with E-state index in [2.05, 4.69) is 4.90 Å². The number of piperidine rings is 1. The summed E-state index contributed by atoms with van der Waals surface area (Å²) in [7, 11) is 0. The van der Waals surface area contributed by atoms with Gasteiger partial charge in [0, 0.05) is 31.2 Å². The molecule has 1 spiro atoms. The highest BCUT2D eigenvalue weighted by Crippen LogP contribution is 2.41. The lowest BCUT2D eigenvalue weighted by Crippen LogP contribution is -2.51. The summed E-state index contributed by atoms with van der Waals surface area (Å²) in [5.41, 5.74) is 0.612. The fourth-order valence-electron chi connectivity index (χ4n) is 4.34. The zero-order chi connectivity index (χ0) is 17.4. The van der Waals surface area contributed by atoms with Gasteiger partial charge in [-0.05, 0) is 55.7 Å². The van der Waals surface area contributed by atoms with Crippen LogP contribution in [0.15, 0.2) is 24.3 Å². The number of carbonyl (C=O) groups excluding carboxylic acids is 2. The molecule has 134 valence electrons. The lowest BCUT2D eigenvalue weighted by Gasteiger charge is -2.39. The fraction of sp³-hybridized carbons (Fsp3) is 0.600. The first-order valence-electron chi connectivity index (χ1n) is 9.37. The monoisotopic (exact) mass is 360 g/mol. The minimum atomic E-state index is -0.322. The quantitative estimate of drug-likeness (QED) is 0.827. The number of rotatable bonds is 4. The zero-order valence-electron chi connectivity index (χ0n) is 14.5. The molecular formula is C20H25ClN2O2. The second kappa shape index (κ2) is 6.64. The van der Waals surface area contributed by atoms with Crippen molar-refractivity contribution in [2.24, 2.45) is 11.3 Å². The van der Waals surface area contributed by atoms with Gasteiger partial charge in [-0.2, -0.15) is 0 Å². The summed E-state index contributed by atoms with van der Waals surface area (Å²) in [6.45, 7) is 3.11. The van der Waals surface area contributed by atoms with Crippen molar-refractivity contribution in [3.8, 4) is 0 Å². The average molecular weight is 361 g/mol. The summed E-state index contributed by atoms with van der Waals surface area (Å²) >= 11 is 6.01. The van der Waals surface area contributed by atoms with Crippen molar-refractivity contribution >= 4 is 23.4 Å². The Morgan fingerprint density at radius 1 is 1.24 bits per heavy atom. The van der Waals surface area contributed by atoms with Crippen molar-refractivity contribution in [3.63, 3.8) is 0 Å². The van der Waals surface area contributed by atoms with E-state index in [1.165, 1.54) is 12.8 Å². The van der Waals surface area contributed by atoms with Gasteiger partial charge >= 0.3 is 0 Å². The maximum Gasteiger partial charge on any atom is 0.230 e. The Morgan fingerprint density at radius 2 is 2.08 bits per heavy atom. The summed E-state index contributed by atoms with van der Waals surface area (Å²) in [4.78, 5) is 29.7. The summed E-state index contributed by atoms with van der Waals surface area (Å²) in [5.74, 6) is 1.12. The number of benzene rings is 1. The van der Waals surface area contributed by atoms with Crippen LogP contribution in [0.3, 0.4) is 0 Å². The minimum Gasteiger partial charge on any atom is -0.342 e. The topological polar surface area (TPSA) is 40.6 Å². The van der Waals surface area contributed by atoms with Crippen LogP contribution >= 0.6 is 11.6 Å².